The van der Waals surface area contributed by atoms with Gasteiger partial charge in [0.05, 0.1) is 32.5 Å². The molecule has 0 radical (unpaired) electrons. The molecule has 0 saturated carbocycles. The maximum Gasteiger partial charge on any atom is 0.336 e. The van der Waals surface area contributed by atoms with Gasteiger partial charge in [-0.1, -0.05) is 120 Å². The van der Waals surface area contributed by atoms with Crippen molar-refractivity contribution < 1.29 is 29.7 Å². The number of aromatic carboxylic acids is 1. The number of anilines is 2. The van der Waals surface area contributed by atoms with E-state index >= 15 is 0 Å². The van der Waals surface area contributed by atoms with E-state index in [-0.39, 0.29) is 29.4 Å². The fourth-order valence-electron chi connectivity index (χ4n) is 5.83. The molecule has 0 spiro atoms. The van der Waals surface area contributed by atoms with Crippen LogP contribution in [0.4, 0.5) is 11.4 Å². The molecule has 0 bridgehead atoms. The van der Waals surface area contributed by atoms with Crippen molar-refractivity contribution in [3.63, 3.8) is 0 Å². The molecule has 0 aromatic heterocycles. The monoisotopic (exact) mass is 732 g/mol. The lowest BCUT2D eigenvalue weighted by Gasteiger charge is -2.14. The first-order valence-corrected chi connectivity index (χ1v) is 17.1. The summed E-state index contributed by atoms with van der Waals surface area (Å²) in [6, 6.07) is 41.1. The van der Waals surface area contributed by atoms with Gasteiger partial charge < -0.3 is 10.4 Å². The quantitative estimate of drug-likeness (QED) is 0.0650. The van der Waals surface area contributed by atoms with Gasteiger partial charge in [0.1, 0.15) is 13.2 Å². The lowest BCUT2D eigenvalue weighted by Crippen LogP contribution is -2.17. The van der Waals surface area contributed by atoms with E-state index in [1.807, 2.05) is 72.8 Å². The summed E-state index contributed by atoms with van der Waals surface area (Å²) in [5.41, 5.74) is 11.0. The summed E-state index contributed by atoms with van der Waals surface area (Å²) in [4.78, 5) is 35.6. The van der Waals surface area contributed by atoms with Crippen LogP contribution >= 0.6 is 23.2 Å². The second-order valence-corrected chi connectivity index (χ2v) is 12.9. The molecule has 1 amide bonds. The highest BCUT2D eigenvalue weighted by Gasteiger charge is 2.19. The zero-order valence-corrected chi connectivity index (χ0v) is 29.3. The Balaban J connectivity index is 1.11. The Morgan fingerprint density at radius 2 is 1.15 bits per heavy atom. The Morgan fingerprint density at radius 1 is 0.577 bits per heavy atom. The summed E-state index contributed by atoms with van der Waals surface area (Å²) in [7, 11) is 0. The van der Waals surface area contributed by atoms with Crippen molar-refractivity contribution in [1.82, 2.24) is 0 Å². The van der Waals surface area contributed by atoms with Gasteiger partial charge in [0.2, 0.25) is 0 Å². The minimum Gasteiger partial charge on any atom is -0.478 e. The minimum atomic E-state index is -1.20. The number of carbonyl (C=O) groups excluding carboxylic acids is 1. The van der Waals surface area contributed by atoms with E-state index in [1.165, 1.54) is 11.6 Å². The van der Waals surface area contributed by atoms with Crippen LogP contribution in [0, 0.1) is 0 Å². The van der Waals surface area contributed by atoms with Crippen molar-refractivity contribution in [1.29, 1.82) is 0 Å². The van der Waals surface area contributed by atoms with Gasteiger partial charge in [-0.3, -0.25) is 20.4 Å². The summed E-state index contributed by atoms with van der Waals surface area (Å²) >= 11 is 13.3. The van der Waals surface area contributed by atoms with Crippen molar-refractivity contribution in [2.75, 3.05) is 10.8 Å². The van der Waals surface area contributed by atoms with Gasteiger partial charge in [-0.2, -0.15) is 0 Å². The van der Waals surface area contributed by atoms with Gasteiger partial charge in [-0.15, -0.1) is 0 Å². The van der Waals surface area contributed by atoms with Crippen LogP contribution in [0.2, 0.25) is 10.0 Å². The summed E-state index contributed by atoms with van der Waals surface area (Å²) < 4.78 is 0. The number of nitrogens with one attached hydrogen (secondary N) is 2. The van der Waals surface area contributed by atoms with Crippen molar-refractivity contribution >= 4 is 46.5 Å². The fraction of sp³-hybridized carbons (Fsp3) is 0.0952. The van der Waals surface area contributed by atoms with E-state index in [0.29, 0.717) is 22.8 Å². The van der Waals surface area contributed by atoms with Crippen LogP contribution in [0.15, 0.2) is 133 Å². The average Bonchev–Trinajstić information content (AvgIpc) is 3.15. The predicted molar refractivity (Wildman–Crippen MR) is 204 cm³/mol. The molecular weight excluding hydrogens is 699 g/mol. The maximum absolute atomic E-state index is 13.4. The van der Waals surface area contributed by atoms with Gasteiger partial charge in [0.15, 0.2) is 0 Å². The molecule has 0 fully saturated rings. The van der Waals surface area contributed by atoms with Gasteiger partial charge in [0.25, 0.3) is 5.91 Å². The van der Waals surface area contributed by atoms with Crippen LogP contribution in [-0.2, 0) is 35.8 Å². The molecule has 0 aliphatic rings. The molecule has 262 valence electrons. The fourth-order valence-corrected chi connectivity index (χ4v) is 6.27. The Hall–Kier alpha value is -5.48. The average molecular weight is 734 g/mol. The largest absolute Gasteiger partial charge is 0.478 e. The molecule has 10 heteroatoms. The van der Waals surface area contributed by atoms with E-state index in [4.69, 9.17) is 33.3 Å². The van der Waals surface area contributed by atoms with Crippen LogP contribution < -0.4 is 10.8 Å². The number of carbonyl (C=O) groups is 2. The van der Waals surface area contributed by atoms with E-state index in [1.54, 1.807) is 42.5 Å². The molecule has 0 saturated heterocycles. The highest BCUT2D eigenvalue weighted by Crippen LogP contribution is 2.33. The van der Waals surface area contributed by atoms with Crippen LogP contribution in [-0.4, -0.2) is 22.2 Å². The second-order valence-electron chi connectivity index (χ2n) is 12.1. The van der Waals surface area contributed by atoms with E-state index in [0.717, 1.165) is 45.4 Å². The lowest BCUT2D eigenvalue weighted by atomic mass is 9.98. The first-order chi connectivity index (χ1) is 25.3. The number of amides is 1. The first kappa shape index (κ1) is 36.3. The third-order valence-corrected chi connectivity index (χ3v) is 9.11. The standard InChI is InChI=1S/C42H34Cl2N2O6/c43-37-23-31(14-17-39(37)45-41(47)36-22-30(12-16-35(36)42(48)49)20-28-9-5-2-6-10-28)32-15-18-40(38(44)24-32)46-51-25-34-21-29(11-13-33(34)26-52-50)19-27-7-3-1-4-8-27/h1-18,21-24,46,50H,19-20,25-26H2,(H,45,47)(H,48,49). The van der Waals surface area contributed by atoms with Crippen molar-refractivity contribution in [3.05, 3.63) is 188 Å². The molecule has 0 atom stereocenters. The molecule has 0 heterocycles. The molecule has 4 N–H and O–H groups in total. The summed E-state index contributed by atoms with van der Waals surface area (Å²) in [6.07, 6.45) is 1.30. The van der Waals surface area contributed by atoms with Gasteiger partial charge in [0, 0.05) is 0 Å². The van der Waals surface area contributed by atoms with Crippen LogP contribution in [0.5, 0.6) is 0 Å². The minimum absolute atomic E-state index is 0.0239. The Bertz CT molecular complexity index is 2200. The number of hydrogen-bond acceptors (Lipinski definition) is 6. The highest BCUT2D eigenvalue weighted by atomic mass is 35.5. The lowest BCUT2D eigenvalue weighted by molar-refractivity contribution is -0.253. The van der Waals surface area contributed by atoms with Crippen LogP contribution in [0.25, 0.3) is 11.1 Å². The first-order valence-electron chi connectivity index (χ1n) is 16.4. The molecule has 6 rings (SSSR count). The van der Waals surface area contributed by atoms with Gasteiger partial charge in [-0.25, -0.2) is 9.68 Å². The van der Waals surface area contributed by atoms with E-state index in [2.05, 4.69) is 27.8 Å². The zero-order valence-electron chi connectivity index (χ0n) is 27.8. The van der Waals surface area contributed by atoms with Crippen LogP contribution in [0.3, 0.4) is 0 Å². The molecule has 8 nitrogen and oxygen atoms in total. The molecular formula is C42H34Cl2N2O6. The molecule has 6 aromatic rings. The number of benzene rings is 6. The smallest absolute Gasteiger partial charge is 0.336 e. The Morgan fingerprint density at radius 3 is 1.73 bits per heavy atom. The number of rotatable bonds is 14. The third-order valence-electron chi connectivity index (χ3n) is 8.48. The summed E-state index contributed by atoms with van der Waals surface area (Å²) in [5, 5.41) is 22.3. The van der Waals surface area contributed by atoms with Crippen molar-refractivity contribution in [2.24, 2.45) is 0 Å². The number of halogens is 2. The molecule has 6 aromatic carbocycles. The molecule has 0 aliphatic heterocycles. The summed E-state index contributed by atoms with van der Waals surface area (Å²) in [5.74, 6) is -1.79. The van der Waals surface area contributed by atoms with E-state index in [9.17, 15) is 14.7 Å². The number of carboxylic acids is 1. The maximum atomic E-state index is 13.4. The second kappa shape index (κ2) is 17.2. The van der Waals surface area contributed by atoms with Crippen LogP contribution in [0.1, 0.15) is 54.1 Å². The SMILES string of the molecule is O=C(O)c1ccc(Cc2ccccc2)cc1C(=O)Nc1ccc(-c2ccc(NOCc3cc(Cc4ccccc4)ccc3COO)c(Cl)c2)cc1Cl. The molecule has 0 aliphatic carbocycles. The van der Waals surface area contributed by atoms with Gasteiger partial charge >= 0.3 is 5.97 Å². The number of hydrogen-bond donors (Lipinski definition) is 4. The number of carboxylic acid groups (broad SMARTS) is 1. The van der Waals surface area contributed by atoms with E-state index < -0.39 is 11.9 Å². The topological polar surface area (TPSA) is 117 Å². The van der Waals surface area contributed by atoms with Gasteiger partial charge in [-0.05, 0) is 93.7 Å². The zero-order chi connectivity index (χ0) is 36.5. The Kier molecular flexibility index (Phi) is 12.0. The van der Waals surface area contributed by atoms with Crippen molar-refractivity contribution in [3.8, 4) is 11.1 Å². The predicted octanol–water partition coefficient (Wildman–Crippen LogP) is 10.3. The molecule has 0 unspecified atom stereocenters. The summed E-state index contributed by atoms with van der Waals surface area (Å²) in [6.45, 7) is 0.212. The normalized spacial score (nSPS) is 10.9. The third kappa shape index (κ3) is 9.24. The Labute approximate surface area is 311 Å². The van der Waals surface area contributed by atoms with Crippen molar-refractivity contribution in [2.45, 2.75) is 26.1 Å². The highest BCUT2D eigenvalue weighted by molar-refractivity contribution is 6.34. The molecule has 52 heavy (non-hydrogen) atoms.